The minimum absolute atomic E-state index is 0.471. The molecule has 0 unspecified atom stereocenters. The topological polar surface area (TPSA) is 27.8 Å². The zero-order valence-electron chi connectivity index (χ0n) is 7.55. The highest BCUT2D eigenvalue weighted by atomic mass is 32.1. The summed E-state index contributed by atoms with van der Waals surface area (Å²) in [6, 6.07) is 4.60. The fourth-order valence-corrected chi connectivity index (χ4v) is 2.10. The van der Waals surface area contributed by atoms with Crippen LogP contribution in [0.1, 0.15) is 30.9 Å². The van der Waals surface area contributed by atoms with Crippen molar-refractivity contribution >= 4 is 12.2 Å². The molecule has 70 valence electrons. The van der Waals surface area contributed by atoms with Crippen molar-refractivity contribution in [3.8, 4) is 0 Å². The molecule has 1 aromatic rings. The molecule has 2 rings (SSSR count). The van der Waals surface area contributed by atoms with Gasteiger partial charge in [0.15, 0.2) is 0 Å². The van der Waals surface area contributed by atoms with Crippen LogP contribution in [0.25, 0.3) is 0 Å². The second-order valence-corrected chi connectivity index (χ2v) is 3.87. The number of H-pyrrole nitrogens is 1. The fraction of sp³-hybridized carbons (Fsp3) is 0.500. The van der Waals surface area contributed by atoms with Gasteiger partial charge in [-0.3, -0.25) is 0 Å². The summed E-state index contributed by atoms with van der Waals surface area (Å²) in [7, 11) is 0. The van der Waals surface area contributed by atoms with Crippen LogP contribution >= 0.6 is 12.2 Å². The van der Waals surface area contributed by atoms with Gasteiger partial charge in [-0.25, -0.2) is 0 Å². The van der Waals surface area contributed by atoms with Gasteiger partial charge in [0, 0.05) is 17.8 Å². The molecule has 0 aromatic carbocycles. The lowest BCUT2D eigenvalue weighted by Gasteiger charge is -2.23. The van der Waals surface area contributed by atoms with Crippen LogP contribution < -0.4 is 5.32 Å². The number of pyridine rings is 1. The summed E-state index contributed by atoms with van der Waals surface area (Å²) >= 11 is 5.24. The Morgan fingerprint density at radius 1 is 1.38 bits per heavy atom. The molecule has 13 heavy (non-hydrogen) atoms. The van der Waals surface area contributed by atoms with E-state index in [9.17, 15) is 0 Å². The highest BCUT2D eigenvalue weighted by Crippen LogP contribution is 2.22. The van der Waals surface area contributed by atoms with Crippen molar-refractivity contribution in [2.24, 2.45) is 0 Å². The predicted octanol–water partition coefficient (Wildman–Crippen LogP) is 2.56. The van der Waals surface area contributed by atoms with E-state index >= 15 is 0 Å². The van der Waals surface area contributed by atoms with Crippen LogP contribution in [-0.2, 0) is 0 Å². The zero-order chi connectivity index (χ0) is 9.10. The normalized spacial score (nSPS) is 22.9. The standard InChI is InChI=1S/C10H14N2S/c13-10-8(4-3-7-12-10)9-5-1-2-6-11-9/h3-4,7,9,11H,1-2,5-6H2,(H,12,13)/t9-/m1/s1. The quantitative estimate of drug-likeness (QED) is 0.672. The molecule has 0 aliphatic carbocycles. The molecule has 2 heterocycles. The SMILES string of the molecule is S=c1[nH]cccc1[C@H]1CCCCN1. The molecule has 0 bridgehead atoms. The Hall–Kier alpha value is -0.670. The maximum atomic E-state index is 5.24. The molecular weight excluding hydrogens is 180 g/mol. The van der Waals surface area contributed by atoms with Gasteiger partial charge in [0.05, 0.1) is 0 Å². The van der Waals surface area contributed by atoms with E-state index in [1.165, 1.54) is 24.8 Å². The number of aromatic nitrogens is 1. The number of nitrogens with one attached hydrogen (secondary N) is 2. The van der Waals surface area contributed by atoms with E-state index in [-0.39, 0.29) is 0 Å². The first-order valence-corrected chi connectivity index (χ1v) is 5.20. The van der Waals surface area contributed by atoms with Gasteiger partial charge in [0.1, 0.15) is 4.64 Å². The molecule has 1 saturated heterocycles. The summed E-state index contributed by atoms with van der Waals surface area (Å²) in [5, 5.41) is 3.49. The number of hydrogen-bond acceptors (Lipinski definition) is 2. The largest absolute Gasteiger partial charge is 0.353 e. The Bertz CT molecular complexity index is 326. The molecule has 1 aliphatic heterocycles. The van der Waals surface area contributed by atoms with Crippen molar-refractivity contribution in [1.29, 1.82) is 0 Å². The molecule has 2 N–H and O–H groups in total. The van der Waals surface area contributed by atoms with Crippen molar-refractivity contribution in [3.63, 3.8) is 0 Å². The highest BCUT2D eigenvalue weighted by Gasteiger charge is 2.15. The first-order valence-electron chi connectivity index (χ1n) is 4.79. The lowest BCUT2D eigenvalue weighted by Crippen LogP contribution is -2.27. The minimum atomic E-state index is 0.471. The van der Waals surface area contributed by atoms with Gasteiger partial charge < -0.3 is 10.3 Å². The molecule has 2 nitrogen and oxygen atoms in total. The zero-order valence-corrected chi connectivity index (χ0v) is 8.36. The van der Waals surface area contributed by atoms with Crippen LogP contribution in [-0.4, -0.2) is 11.5 Å². The van der Waals surface area contributed by atoms with Gasteiger partial charge in [-0.2, -0.15) is 0 Å². The predicted molar refractivity (Wildman–Crippen MR) is 56.2 cm³/mol. The maximum Gasteiger partial charge on any atom is 0.108 e. The van der Waals surface area contributed by atoms with Crippen LogP contribution in [0, 0.1) is 4.64 Å². The van der Waals surface area contributed by atoms with Crippen molar-refractivity contribution in [2.45, 2.75) is 25.3 Å². The van der Waals surface area contributed by atoms with E-state index in [0.29, 0.717) is 6.04 Å². The van der Waals surface area contributed by atoms with Crippen LogP contribution in [0.2, 0.25) is 0 Å². The van der Waals surface area contributed by atoms with E-state index < -0.39 is 0 Å². The van der Waals surface area contributed by atoms with E-state index in [4.69, 9.17) is 12.2 Å². The van der Waals surface area contributed by atoms with Crippen LogP contribution in [0.4, 0.5) is 0 Å². The molecule has 1 fully saturated rings. The Kier molecular flexibility index (Phi) is 2.76. The average Bonchev–Trinajstić information content (AvgIpc) is 2.20. The summed E-state index contributed by atoms with van der Waals surface area (Å²) < 4.78 is 0.877. The second-order valence-electron chi connectivity index (χ2n) is 3.46. The average molecular weight is 194 g/mol. The summed E-state index contributed by atoms with van der Waals surface area (Å²) in [6.45, 7) is 1.12. The minimum Gasteiger partial charge on any atom is -0.353 e. The summed E-state index contributed by atoms with van der Waals surface area (Å²) in [5.41, 5.74) is 1.25. The Morgan fingerprint density at radius 2 is 2.31 bits per heavy atom. The lowest BCUT2D eigenvalue weighted by atomic mass is 9.99. The van der Waals surface area contributed by atoms with Gasteiger partial charge in [0.25, 0.3) is 0 Å². The number of hydrogen-bond donors (Lipinski definition) is 2. The summed E-state index contributed by atoms with van der Waals surface area (Å²) in [4.78, 5) is 3.07. The number of piperidine rings is 1. The van der Waals surface area contributed by atoms with E-state index in [0.717, 1.165) is 11.2 Å². The van der Waals surface area contributed by atoms with E-state index in [2.05, 4.69) is 16.4 Å². The van der Waals surface area contributed by atoms with Crippen molar-refractivity contribution in [1.82, 2.24) is 10.3 Å². The van der Waals surface area contributed by atoms with Crippen LogP contribution in [0.15, 0.2) is 18.3 Å². The monoisotopic (exact) mass is 194 g/mol. The van der Waals surface area contributed by atoms with Gasteiger partial charge in [0.2, 0.25) is 0 Å². The van der Waals surface area contributed by atoms with Gasteiger partial charge in [-0.1, -0.05) is 24.7 Å². The van der Waals surface area contributed by atoms with E-state index in [1.807, 2.05) is 12.3 Å². The first-order chi connectivity index (χ1) is 6.38. The second kappa shape index (κ2) is 4.03. The van der Waals surface area contributed by atoms with Crippen molar-refractivity contribution in [2.75, 3.05) is 6.54 Å². The third-order valence-electron chi connectivity index (χ3n) is 2.53. The Balaban J connectivity index is 2.24. The molecule has 0 saturated carbocycles. The molecule has 0 radical (unpaired) electrons. The van der Waals surface area contributed by atoms with Gasteiger partial charge in [-0.15, -0.1) is 0 Å². The first kappa shape index (κ1) is 8.91. The molecular formula is C10H14N2S. The fourth-order valence-electron chi connectivity index (χ4n) is 1.83. The van der Waals surface area contributed by atoms with Gasteiger partial charge in [-0.05, 0) is 25.5 Å². The molecule has 1 aliphatic rings. The molecule has 3 heteroatoms. The third kappa shape index (κ3) is 1.98. The van der Waals surface area contributed by atoms with Gasteiger partial charge >= 0.3 is 0 Å². The molecule has 0 amide bonds. The van der Waals surface area contributed by atoms with Crippen LogP contribution in [0.5, 0.6) is 0 Å². The van der Waals surface area contributed by atoms with Crippen LogP contribution in [0.3, 0.4) is 0 Å². The van der Waals surface area contributed by atoms with Crippen molar-refractivity contribution in [3.05, 3.63) is 28.5 Å². The molecule has 1 atom stereocenters. The molecule has 0 spiro atoms. The number of rotatable bonds is 1. The highest BCUT2D eigenvalue weighted by molar-refractivity contribution is 7.71. The van der Waals surface area contributed by atoms with E-state index in [1.54, 1.807) is 0 Å². The maximum absolute atomic E-state index is 5.24. The smallest absolute Gasteiger partial charge is 0.108 e. The van der Waals surface area contributed by atoms with Crippen molar-refractivity contribution < 1.29 is 0 Å². The Labute approximate surface area is 83.4 Å². The molecule has 1 aromatic heterocycles. The lowest BCUT2D eigenvalue weighted by molar-refractivity contribution is 0.411. The summed E-state index contributed by atoms with van der Waals surface area (Å²) in [5.74, 6) is 0. The third-order valence-corrected chi connectivity index (χ3v) is 2.89. The number of aromatic amines is 1. The Morgan fingerprint density at radius 3 is 3.00 bits per heavy atom. The summed E-state index contributed by atoms with van der Waals surface area (Å²) in [6.07, 6.45) is 5.69.